The fourth-order valence-electron chi connectivity index (χ4n) is 3.70. The Morgan fingerprint density at radius 3 is 2.78 bits per heavy atom. The maximum Gasteiger partial charge on any atom is 0.253 e. The van der Waals surface area contributed by atoms with Crippen molar-refractivity contribution in [1.82, 2.24) is 19.6 Å². The average Bonchev–Trinajstić information content (AvgIpc) is 3.11. The molecule has 0 radical (unpaired) electrons. The average molecular weight is 368 g/mol. The first-order valence-electron chi connectivity index (χ1n) is 9.34. The molecule has 0 unspecified atom stereocenters. The minimum atomic E-state index is -0.590. The van der Waals surface area contributed by atoms with E-state index in [1.807, 2.05) is 30.2 Å². The molecular weight excluding hydrogens is 344 g/mol. The highest BCUT2D eigenvalue weighted by Gasteiger charge is 2.33. The molecule has 2 amide bonds. The molecule has 27 heavy (non-hydrogen) atoms. The van der Waals surface area contributed by atoms with Crippen LogP contribution in [-0.4, -0.2) is 63.7 Å². The summed E-state index contributed by atoms with van der Waals surface area (Å²) in [5, 5.41) is 4.16. The molecule has 3 heterocycles. The van der Waals surface area contributed by atoms with Gasteiger partial charge in [0.1, 0.15) is 6.54 Å². The third-order valence-corrected chi connectivity index (χ3v) is 5.20. The van der Waals surface area contributed by atoms with Crippen LogP contribution < -0.4 is 0 Å². The van der Waals surface area contributed by atoms with E-state index in [1.54, 1.807) is 15.8 Å². The highest BCUT2D eigenvalue weighted by molar-refractivity contribution is 5.83. The zero-order valence-electron chi connectivity index (χ0n) is 15.5. The van der Waals surface area contributed by atoms with E-state index in [4.69, 9.17) is 4.74 Å². The van der Waals surface area contributed by atoms with Crippen molar-refractivity contribution in [3.8, 4) is 0 Å². The lowest BCUT2D eigenvalue weighted by Gasteiger charge is -2.36. The predicted molar refractivity (Wildman–Crippen MR) is 98.8 cm³/mol. The fourth-order valence-corrected chi connectivity index (χ4v) is 3.70. The van der Waals surface area contributed by atoms with Gasteiger partial charge in [-0.2, -0.15) is 5.10 Å². The van der Waals surface area contributed by atoms with Crippen molar-refractivity contribution in [2.24, 2.45) is 0 Å². The minimum absolute atomic E-state index is 0.0306. The minimum Gasteiger partial charge on any atom is -0.365 e. The molecule has 142 valence electrons. The Morgan fingerprint density at radius 1 is 1.19 bits per heavy atom. The first-order chi connectivity index (χ1) is 13.1. The molecule has 7 nitrogen and oxygen atoms in total. The number of aromatic nitrogens is 2. The summed E-state index contributed by atoms with van der Waals surface area (Å²) in [5.74, 6) is -0.0693. The SMILES string of the molecule is Cc1cnn(CC(=O)N2CCO[C@@H](C(=O)N3CCc4ccccc4C3)C2)c1. The molecule has 0 N–H and O–H groups in total. The molecule has 2 aromatic rings. The normalized spacial score (nSPS) is 19.7. The molecular formula is C20H24N4O3. The molecule has 2 aliphatic rings. The van der Waals surface area contributed by atoms with E-state index in [2.05, 4.69) is 17.2 Å². The van der Waals surface area contributed by atoms with Gasteiger partial charge in [-0.3, -0.25) is 14.3 Å². The van der Waals surface area contributed by atoms with Crippen molar-refractivity contribution >= 4 is 11.8 Å². The van der Waals surface area contributed by atoms with Crippen molar-refractivity contribution < 1.29 is 14.3 Å². The Balaban J connectivity index is 1.38. The molecule has 7 heteroatoms. The number of rotatable bonds is 3. The zero-order chi connectivity index (χ0) is 18.8. The number of nitrogens with zero attached hydrogens (tertiary/aromatic N) is 4. The molecule has 1 aromatic carbocycles. The van der Waals surface area contributed by atoms with E-state index in [-0.39, 0.29) is 18.4 Å². The molecule has 1 aromatic heterocycles. The molecule has 1 saturated heterocycles. The largest absolute Gasteiger partial charge is 0.365 e. The van der Waals surface area contributed by atoms with Crippen molar-refractivity contribution in [1.29, 1.82) is 0 Å². The fraction of sp³-hybridized carbons (Fsp3) is 0.450. The van der Waals surface area contributed by atoms with E-state index >= 15 is 0 Å². The van der Waals surface area contributed by atoms with E-state index in [9.17, 15) is 9.59 Å². The first-order valence-corrected chi connectivity index (χ1v) is 9.34. The van der Waals surface area contributed by atoms with Gasteiger partial charge >= 0.3 is 0 Å². The number of ether oxygens (including phenoxy) is 1. The Labute approximate surface area is 158 Å². The van der Waals surface area contributed by atoms with Crippen LogP contribution in [0.3, 0.4) is 0 Å². The van der Waals surface area contributed by atoms with Gasteiger partial charge < -0.3 is 14.5 Å². The number of morpholine rings is 1. The van der Waals surface area contributed by atoms with E-state index in [0.717, 1.165) is 12.0 Å². The van der Waals surface area contributed by atoms with Crippen LogP contribution in [0.15, 0.2) is 36.7 Å². The summed E-state index contributed by atoms with van der Waals surface area (Å²) < 4.78 is 7.34. The van der Waals surface area contributed by atoms with Crippen LogP contribution in [0.25, 0.3) is 0 Å². The molecule has 0 saturated carbocycles. The van der Waals surface area contributed by atoms with Gasteiger partial charge in [0.2, 0.25) is 5.91 Å². The highest BCUT2D eigenvalue weighted by Crippen LogP contribution is 2.20. The van der Waals surface area contributed by atoms with Crippen LogP contribution in [0.4, 0.5) is 0 Å². The Hall–Kier alpha value is -2.67. The number of hydrogen-bond acceptors (Lipinski definition) is 4. The lowest BCUT2D eigenvalue weighted by molar-refractivity contribution is -0.155. The molecule has 2 aliphatic heterocycles. The summed E-state index contributed by atoms with van der Waals surface area (Å²) in [7, 11) is 0. The number of aryl methyl sites for hydroxylation is 1. The number of benzene rings is 1. The van der Waals surface area contributed by atoms with Crippen LogP contribution in [0, 0.1) is 6.92 Å². The van der Waals surface area contributed by atoms with Gasteiger partial charge in [0.15, 0.2) is 6.10 Å². The Kier molecular flexibility index (Phi) is 4.94. The first kappa shape index (κ1) is 17.7. The quantitative estimate of drug-likeness (QED) is 0.811. The number of amides is 2. The number of fused-ring (bicyclic) bond motifs is 1. The van der Waals surface area contributed by atoms with Crippen LogP contribution in [0.5, 0.6) is 0 Å². The van der Waals surface area contributed by atoms with E-state index in [1.165, 1.54) is 11.1 Å². The summed E-state index contributed by atoms with van der Waals surface area (Å²) >= 11 is 0. The number of hydrogen-bond donors (Lipinski definition) is 0. The monoisotopic (exact) mass is 368 g/mol. The third kappa shape index (κ3) is 3.88. The second-order valence-corrected chi connectivity index (χ2v) is 7.19. The summed E-state index contributed by atoms with van der Waals surface area (Å²) in [6.07, 6.45) is 3.84. The second kappa shape index (κ2) is 7.52. The highest BCUT2D eigenvalue weighted by atomic mass is 16.5. The van der Waals surface area contributed by atoms with Gasteiger partial charge in [-0.1, -0.05) is 24.3 Å². The molecule has 0 aliphatic carbocycles. The van der Waals surface area contributed by atoms with Crippen LogP contribution in [0.1, 0.15) is 16.7 Å². The predicted octanol–water partition coefficient (Wildman–Crippen LogP) is 1.00. The van der Waals surface area contributed by atoms with Gasteiger partial charge in [-0.15, -0.1) is 0 Å². The second-order valence-electron chi connectivity index (χ2n) is 7.19. The van der Waals surface area contributed by atoms with Gasteiger partial charge in [0, 0.05) is 25.8 Å². The van der Waals surface area contributed by atoms with Gasteiger partial charge in [0.25, 0.3) is 5.91 Å². The van der Waals surface area contributed by atoms with E-state index < -0.39 is 6.10 Å². The van der Waals surface area contributed by atoms with Crippen molar-refractivity contribution in [3.63, 3.8) is 0 Å². The summed E-state index contributed by atoms with van der Waals surface area (Å²) in [4.78, 5) is 29.1. The number of carbonyl (C=O) groups is 2. The standard InChI is InChI=1S/C20H24N4O3/c1-15-10-21-24(11-15)14-19(25)22-8-9-27-18(13-22)20(26)23-7-6-16-4-2-3-5-17(16)12-23/h2-5,10-11,18H,6-9,12-14H2,1H3/t18-/m1/s1. The van der Waals surface area contributed by atoms with Crippen LogP contribution >= 0.6 is 0 Å². The molecule has 0 spiro atoms. The van der Waals surface area contributed by atoms with Crippen LogP contribution in [-0.2, 0) is 33.8 Å². The van der Waals surface area contributed by atoms with Crippen molar-refractivity contribution in [2.75, 3.05) is 26.2 Å². The van der Waals surface area contributed by atoms with Crippen LogP contribution in [0.2, 0.25) is 0 Å². The van der Waals surface area contributed by atoms with Gasteiger partial charge in [-0.05, 0) is 30.0 Å². The molecule has 1 fully saturated rings. The lowest BCUT2D eigenvalue weighted by Crippen LogP contribution is -2.53. The number of carbonyl (C=O) groups excluding carboxylic acids is 2. The maximum absolute atomic E-state index is 12.9. The smallest absolute Gasteiger partial charge is 0.253 e. The maximum atomic E-state index is 12.9. The zero-order valence-corrected chi connectivity index (χ0v) is 15.5. The molecule has 4 rings (SSSR count). The van der Waals surface area contributed by atoms with Crippen molar-refractivity contribution in [2.45, 2.75) is 32.5 Å². The van der Waals surface area contributed by atoms with Gasteiger partial charge in [-0.25, -0.2) is 0 Å². The Bertz CT molecular complexity index is 847. The Morgan fingerprint density at radius 2 is 2.00 bits per heavy atom. The van der Waals surface area contributed by atoms with Gasteiger partial charge in [0.05, 0.1) is 19.3 Å². The summed E-state index contributed by atoms with van der Waals surface area (Å²) in [6.45, 7) is 4.61. The summed E-state index contributed by atoms with van der Waals surface area (Å²) in [6, 6.07) is 8.22. The summed E-state index contributed by atoms with van der Waals surface area (Å²) in [5.41, 5.74) is 3.51. The van der Waals surface area contributed by atoms with Crippen molar-refractivity contribution in [3.05, 3.63) is 53.3 Å². The third-order valence-electron chi connectivity index (χ3n) is 5.20. The molecule has 0 bridgehead atoms. The molecule has 1 atom stereocenters. The van der Waals surface area contributed by atoms with E-state index in [0.29, 0.717) is 32.8 Å². The lowest BCUT2D eigenvalue weighted by atomic mass is 9.99. The topological polar surface area (TPSA) is 67.7 Å².